The number of carboxylic acids is 1. The summed E-state index contributed by atoms with van der Waals surface area (Å²) in [5.41, 5.74) is 0.977. The van der Waals surface area contributed by atoms with Crippen LogP contribution in [0.1, 0.15) is 42.3 Å². The standard InChI is InChI=1S/C13H16FNO4.C8H8FNO2/c1-4-18-12(16)10(13(17)19-5-2)11-9(14)6-8(3)7-15-11;1-5-2-6(9)7(10-4-5)3-8(11)12/h6-7,10H,4-5H2,1-3H3;2,4H,3H2,1H3,(H,11,12). The quantitative estimate of drug-likeness (QED) is 0.518. The van der Waals surface area contributed by atoms with E-state index >= 15 is 0 Å². The Morgan fingerprint density at radius 1 is 0.935 bits per heavy atom. The third-order valence-electron chi connectivity index (χ3n) is 3.70. The van der Waals surface area contributed by atoms with Gasteiger partial charge in [0, 0.05) is 12.4 Å². The van der Waals surface area contributed by atoms with E-state index in [-0.39, 0.29) is 31.0 Å². The zero-order chi connectivity index (χ0) is 23.6. The molecule has 0 saturated heterocycles. The van der Waals surface area contributed by atoms with Crippen LogP contribution in [0.4, 0.5) is 8.78 Å². The van der Waals surface area contributed by atoms with Crippen molar-refractivity contribution in [3.05, 3.63) is 58.7 Å². The van der Waals surface area contributed by atoms with Gasteiger partial charge in [-0.3, -0.25) is 24.4 Å². The van der Waals surface area contributed by atoms with E-state index in [0.717, 1.165) is 0 Å². The summed E-state index contributed by atoms with van der Waals surface area (Å²) in [7, 11) is 0. The molecule has 2 aromatic rings. The molecule has 2 aromatic heterocycles. The molecule has 0 unspecified atom stereocenters. The molecule has 0 atom stereocenters. The first kappa shape index (κ1) is 25.6. The van der Waals surface area contributed by atoms with Crippen molar-refractivity contribution in [2.75, 3.05) is 13.2 Å². The number of carbonyl (C=O) groups is 3. The van der Waals surface area contributed by atoms with Crippen LogP contribution >= 0.6 is 0 Å². The van der Waals surface area contributed by atoms with Crippen LogP contribution in [0.15, 0.2) is 24.5 Å². The molecule has 1 N–H and O–H groups in total. The molecule has 0 fully saturated rings. The lowest BCUT2D eigenvalue weighted by atomic mass is 10.0. The predicted molar refractivity (Wildman–Crippen MR) is 105 cm³/mol. The number of esters is 2. The summed E-state index contributed by atoms with van der Waals surface area (Å²) >= 11 is 0. The largest absolute Gasteiger partial charge is 0.481 e. The fourth-order valence-corrected chi connectivity index (χ4v) is 2.36. The van der Waals surface area contributed by atoms with E-state index in [1.165, 1.54) is 24.5 Å². The van der Waals surface area contributed by atoms with Gasteiger partial charge in [-0.25, -0.2) is 8.78 Å². The van der Waals surface area contributed by atoms with Crippen LogP contribution in [0.5, 0.6) is 0 Å². The number of carbonyl (C=O) groups excluding carboxylic acids is 2. The average Bonchev–Trinajstić information content (AvgIpc) is 2.67. The highest BCUT2D eigenvalue weighted by Gasteiger charge is 2.35. The smallest absolute Gasteiger partial charge is 0.326 e. The third kappa shape index (κ3) is 8.07. The molecule has 0 saturated carbocycles. The van der Waals surface area contributed by atoms with Crippen molar-refractivity contribution in [1.82, 2.24) is 9.97 Å². The molecule has 0 aliphatic heterocycles. The molecule has 8 nitrogen and oxygen atoms in total. The molecule has 10 heteroatoms. The summed E-state index contributed by atoms with van der Waals surface area (Å²) in [4.78, 5) is 41.2. The van der Waals surface area contributed by atoms with Gasteiger partial charge in [0.25, 0.3) is 0 Å². The van der Waals surface area contributed by atoms with E-state index in [2.05, 4.69) is 9.97 Å². The zero-order valence-electron chi connectivity index (χ0n) is 17.6. The molecule has 168 valence electrons. The van der Waals surface area contributed by atoms with Crippen molar-refractivity contribution in [3.8, 4) is 0 Å². The molecule has 0 aliphatic carbocycles. The van der Waals surface area contributed by atoms with Crippen LogP contribution in [0.3, 0.4) is 0 Å². The van der Waals surface area contributed by atoms with Crippen LogP contribution in [-0.2, 0) is 30.3 Å². The van der Waals surface area contributed by atoms with E-state index in [1.807, 2.05) is 0 Å². The molecule has 0 bridgehead atoms. The number of carboxylic acid groups (broad SMARTS) is 1. The fraction of sp³-hybridized carbons (Fsp3) is 0.381. The van der Waals surface area contributed by atoms with Crippen molar-refractivity contribution in [2.45, 2.75) is 40.0 Å². The number of aromatic nitrogens is 2. The van der Waals surface area contributed by atoms with Crippen LogP contribution in [0, 0.1) is 25.5 Å². The SMILES string of the molecule is CCOC(=O)C(C(=O)OCC)c1ncc(C)cc1F.Cc1cnc(CC(=O)O)c(F)c1. The summed E-state index contributed by atoms with van der Waals surface area (Å²) in [5.74, 6) is -5.58. The van der Waals surface area contributed by atoms with Crippen molar-refractivity contribution in [3.63, 3.8) is 0 Å². The van der Waals surface area contributed by atoms with E-state index in [0.29, 0.717) is 11.1 Å². The highest BCUT2D eigenvalue weighted by molar-refractivity contribution is 6.00. The molecule has 0 radical (unpaired) electrons. The second-order valence-corrected chi connectivity index (χ2v) is 6.33. The normalized spacial score (nSPS) is 10.2. The number of nitrogens with zero attached hydrogens (tertiary/aromatic N) is 2. The Hall–Kier alpha value is -3.43. The minimum Gasteiger partial charge on any atom is -0.481 e. The third-order valence-corrected chi connectivity index (χ3v) is 3.70. The van der Waals surface area contributed by atoms with E-state index in [4.69, 9.17) is 14.6 Å². The predicted octanol–water partition coefficient (Wildman–Crippen LogP) is 2.90. The first-order chi connectivity index (χ1) is 14.6. The van der Waals surface area contributed by atoms with Gasteiger partial charge in [0.15, 0.2) is 5.92 Å². The average molecular weight is 438 g/mol. The second kappa shape index (κ2) is 12.3. The summed E-state index contributed by atoms with van der Waals surface area (Å²) in [6, 6.07) is 2.47. The van der Waals surface area contributed by atoms with Crippen LogP contribution in [0.2, 0.25) is 0 Å². The summed E-state index contributed by atoms with van der Waals surface area (Å²) in [6.45, 7) is 6.72. The van der Waals surface area contributed by atoms with E-state index < -0.39 is 35.5 Å². The molecule has 2 heterocycles. The molecule has 2 rings (SSSR count). The minimum atomic E-state index is -1.49. The van der Waals surface area contributed by atoms with Gasteiger partial charge in [-0.2, -0.15) is 0 Å². The van der Waals surface area contributed by atoms with Crippen LogP contribution in [0.25, 0.3) is 0 Å². The summed E-state index contributed by atoms with van der Waals surface area (Å²) in [6.07, 6.45) is 2.46. The number of rotatable bonds is 7. The maximum atomic E-state index is 13.8. The van der Waals surface area contributed by atoms with Gasteiger partial charge in [0.05, 0.1) is 25.3 Å². The maximum absolute atomic E-state index is 13.8. The number of halogens is 2. The van der Waals surface area contributed by atoms with Gasteiger partial charge in [0.1, 0.15) is 17.3 Å². The topological polar surface area (TPSA) is 116 Å². The number of hydrogen-bond donors (Lipinski definition) is 1. The number of ether oxygens (including phenoxy) is 2. The van der Waals surface area contributed by atoms with E-state index in [1.54, 1.807) is 27.7 Å². The van der Waals surface area contributed by atoms with Crippen LogP contribution < -0.4 is 0 Å². The highest BCUT2D eigenvalue weighted by atomic mass is 19.1. The van der Waals surface area contributed by atoms with E-state index in [9.17, 15) is 23.2 Å². The lowest BCUT2D eigenvalue weighted by Crippen LogP contribution is -2.28. The molecular formula is C21H24F2N2O6. The lowest BCUT2D eigenvalue weighted by Gasteiger charge is -2.14. The van der Waals surface area contributed by atoms with Gasteiger partial charge < -0.3 is 14.6 Å². The van der Waals surface area contributed by atoms with Crippen molar-refractivity contribution >= 4 is 17.9 Å². The van der Waals surface area contributed by atoms with Crippen molar-refractivity contribution in [2.24, 2.45) is 0 Å². The van der Waals surface area contributed by atoms with Gasteiger partial charge >= 0.3 is 17.9 Å². The van der Waals surface area contributed by atoms with Crippen molar-refractivity contribution < 1.29 is 37.7 Å². The van der Waals surface area contributed by atoms with Crippen LogP contribution in [-0.4, -0.2) is 46.2 Å². The Morgan fingerprint density at radius 3 is 1.84 bits per heavy atom. The molecular weight excluding hydrogens is 414 g/mol. The summed E-state index contributed by atoms with van der Waals surface area (Å²) in [5, 5.41) is 8.35. The Bertz CT molecular complexity index is 918. The Labute approximate surface area is 178 Å². The number of hydrogen-bond acceptors (Lipinski definition) is 7. The Balaban J connectivity index is 0.000000343. The summed E-state index contributed by atoms with van der Waals surface area (Å²) < 4.78 is 36.2. The van der Waals surface area contributed by atoms with Crippen molar-refractivity contribution in [1.29, 1.82) is 0 Å². The molecule has 0 aromatic carbocycles. The first-order valence-corrected chi connectivity index (χ1v) is 9.38. The highest BCUT2D eigenvalue weighted by Crippen LogP contribution is 2.21. The molecule has 0 spiro atoms. The minimum absolute atomic E-state index is 0.0203. The molecule has 0 amide bonds. The maximum Gasteiger partial charge on any atom is 0.326 e. The Morgan fingerprint density at radius 2 is 1.42 bits per heavy atom. The Kier molecular flexibility index (Phi) is 10.2. The van der Waals surface area contributed by atoms with Gasteiger partial charge in [-0.05, 0) is 51.0 Å². The monoisotopic (exact) mass is 438 g/mol. The zero-order valence-corrected chi connectivity index (χ0v) is 17.6. The molecule has 31 heavy (non-hydrogen) atoms. The first-order valence-electron chi connectivity index (χ1n) is 9.38. The van der Waals surface area contributed by atoms with Gasteiger partial charge in [0.2, 0.25) is 0 Å². The number of pyridine rings is 2. The van der Waals surface area contributed by atoms with Gasteiger partial charge in [-0.15, -0.1) is 0 Å². The second-order valence-electron chi connectivity index (χ2n) is 6.33. The lowest BCUT2D eigenvalue weighted by molar-refractivity contribution is -0.157. The fourth-order valence-electron chi connectivity index (χ4n) is 2.36. The number of aryl methyl sites for hydroxylation is 2. The van der Waals surface area contributed by atoms with Gasteiger partial charge in [-0.1, -0.05) is 0 Å². The number of aliphatic carboxylic acids is 1. The molecule has 0 aliphatic rings.